The van der Waals surface area contributed by atoms with E-state index < -0.39 is 50.4 Å². The molecule has 0 aliphatic rings. The second kappa shape index (κ2) is 6.21. The Bertz CT molecular complexity index is 670. The molecule has 124 valence electrons. The molecular weight excluding hydrogens is 330 g/mol. The van der Waals surface area contributed by atoms with Crippen molar-refractivity contribution in [2.24, 2.45) is 5.92 Å². The molecule has 0 fully saturated rings. The molecule has 0 aliphatic heterocycles. The Morgan fingerprint density at radius 2 is 1.82 bits per heavy atom. The molecule has 0 unspecified atom stereocenters. The third-order valence-corrected chi connectivity index (χ3v) is 4.25. The van der Waals surface area contributed by atoms with Gasteiger partial charge in [0, 0.05) is 0 Å². The molecule has 0 spiro atoms. The quantitative estimate of drug-likeness (QED) is 0.803. The minimum atomic E-state index is -5.11. The number of rotatable bonds is 5. The van der Waals surface area contributed by atoms with Crippen molar-refractivity contribution in [2.75, 3.05) is 0 Å². The molecule has 0 saturated carbocycles. The van der Waals surface area contributed by atoms with Crippen LogP contribution >= 0.6 is 0 Å². The van der Waals surface area contributed by atoms with Crippen molar-refractivity contribution in [1.82, 2.24) is 4.72 Å². The van der Waals surface area contributed by atoms with Gasteiger partial charge in [0.1, 0.15) is 11.9 Å². The van der Waals surface area contributed by atoms with Crippen LogP contribution in [0.1, 0.15) is 19.4 Å². The van der Waals surface area contributed by atoms with Crippen molar-refractivity contribution in [3.63, 3.8) is 0 Å². The number of alkyl halides is 3. The molecule has 0 aromatic heterocycles. The lowest BCUT2D eigenvalue weighted by molar-refractivity contribution is -0.140. The van der Waals surface area contributed by atoms with E-state index in [2.05, 4.69) is 0 Å². The van der Waals surface area contributed by atoms with Gasteiger partial charge in [0.05, 0.1) is 10.5 Å². The predicted octanol–water partition coefficient (Wildman–Crippen LogP) is 2.23. The maximum Gasteiger partial charge on any atom is 0.417 e. The Kier molecular flexibility index (Phi) is 5.18. The molecule has 10 heteroatoms. The number of halogens is 4. The number of hydrogen-bond acceptors (Lipinski definition) is 3. The molecule has 1 aromatic rings. The molecule has 1 atom stereocenters. The van der Waals surface area contributed by atoms with Crippen molar-refractivity contribution in [3.8, 4) is 0 Å². The van der Waals surface area contributed by atoms with Crippen molar-refractivity contribution in [2.45, 2.75) is 31.0 Å². The van der Waals surface area contributed by atoms with Gasteiger partial charge in [-0.1, -0.05) is 13.8 Å². The van der Waals surface area contributed by atoms with E-state index in [-0.39, 0.29) is 6.07 Å². The Morgan fingerprint density at radius 1 is 1.27 bits per heavy atom. The third-order valence-electron chi connectivity index (χ3n) is 2.75. The van der Waals surface area contributed by atoms with E-state index in [0.717, 1.165) is 0 Å². The molecule has 5 nitrogen and oxygen atoms in total. The van der Waals surface area contributed by atoms with Crippen molar-refractivity contribution in [3.05, 3.63) is 29.6 Å². The number of carbonyl (C=O) groups is 1. The van der Waals surface area contributed by atoms with E-state index in [1.165, 1.54) is 13.8 Å². The molecule has 0 amide bonds. The molecule has 1 rings (SSSR count). The summed E-state index contributed by atoms with van der Waals surface area (Å²) in [7, 11) is -4.80. The monoisotopic (exact) mass is 343 g/mol. The van der Waals surface area contributed by atoms with E-state index in [1.54, 1.807) is 4.72 Å². The van der Waals surface area contributed by atoms with Crippen LogP contribution in [0, 0.1) is 11.7 Å². The highest BCUT2D eigenvalue weighted by molar-refractivity contribution is 7.89. The molecule has 22 heavy (non-hydrogen) atoms. The molecular formula is C12H13F4NO4S. The molecule has 2 N–H and O–H groups in total. The van der Waals surface area contributed by atoms with E-state index >= 15 is 0 Å². The van der Waals surface area contributed by atoms with Gasteiger partial charge in [0.15, 0.2) is 0 Å². The number of carboxylic acids is 1. The van der Waals surface area contributed by atoms with E-state index in [4.69, 9.17) is 5.11 Å². The van der Waals surface area contributed by atoms with E-state index in [9.17, 15) is 30.8 Å². The maximum atomic E-state index is 13.0. The standard InChI is InChI=1S/C12H13F4NO4S/c1-6(2)10(11(18)19)17-22(20,21)9-4-3-7(13)5-8(9)12(14,15)16/h3-6,10,17H,1-2H3,(H,18,19)/t10-/m1/s1. The summed E-state index contributed by atoms with van der Waals surface area (Å²) in [6.45, 7) is 2.77. The van der Waals surface area contributed by atoms with E-state index in [0.29, 0.717) is 12.1 Å². The van der Waals surface area contributed by atoms with Crippen LogP contribution in [-0.4, -0.2) is 25.5 Å². The van der Waals surface area contributed by atoms with E-state index in [1.807, 2.05) is 0 Å². The zero-order valence-electron chi connectivity index (χ0n) is 11.5. The topological polar surface area (TPSA) is 83.5 Å². The highest BCUT2D eigenvalue weighted by Gasteiger charge is 2.39. The number of sulfonamides is 1. The van der Waals surface area contributed by atoms with Gasteiger partial charge in [-0.3, -0.25) is 4.79 Å². The van der Waals surface area contributed by atoms with Gasteiger partial charge < -0.3 is 5.11 Å². The predicted molar refractivity (Wildman–Crippen MR) is 68.0 cm³/mol. The number of aliphatic carboxylic acids is 1. The smallest absolute Gasteiger partial charge is 0.417 e. The number of benzene rings is 1. The fraction of sp³-hybridized carbons (Fsp3) is 0.417. The van der Waals surface area contributed by atoms with Crippen molar-refractivity contribution < 1.29 is 35.9 Å². The fourth-order valence-electron chi connectivity index (χ4n) is 1.66. The van der Waals surface area contributed by atoms with Crippen LogP contribution in [0.4, 0.5) is 17.6 Å². The van der Waals surface area contributed by atoms with Crippen LogP contribution in [0.5, 0.6) is 0 Å². The van der Waals surface area contributed by atoms with Crippen molar-refractivity contribution >= 4 is 16.0 Å². The largest absolute Gasteiger partial charge is 0.480 e. The fourth-order valence-corrected chi connectivity index (χ4v) is 3.21. The zero-order chi connectivity index (χ0) is 17.3. The van der Waals surface area contributed by atoms with Crippen LogP contribution in [0.2, 0.25) is 0 Å². The lowest BCUT2D eigenvalue weighted by atomic mass is 10.1. The molecule has 0 saturated heterocycles. The second-order valence-electron chi connectivity index (χ2n) is 4.82. The Hall–Kier alpha value is -1.68. The third kappa shape index (κ3) is 4.17. The minimum absolute atomic E-state index is 0.0414. The van der Waals surface area contributed by atoms with Crippen LogP contribution in [0.25, 0.3) is 0 Å². The summed E-state index contributed by atoms with van der Waals surface area (Å²) < 4.78 is 77.2. The van der Waals surface area contributed by atoms with Gasteiger partial charge in [-0.2, -0.15) is 17.9 Å². The van der Waals surface area contributed by atoms with Gasteiger partial charge in [-0.25, -0.2) is 12.8 Å². The first kappa shape index (κ1) is 18.4. The summed E-state index contributed by atoms with van der Waals surface area (Å²) in [5, 5.41) is 8.92. The first-order valence-corrected chi connectivity index (χ1v) is 7.46. The van der Waals surface area contributed by atoms with Crippen LogP contribution in [0.15, 0.2) is 23.1 Å². The van der Waals surface area contributed by atoms with Crippen LogP contribution in [-0.2, 0) is 21.0 Å². The Labute approximate surface area is 124 Å². The Balaban J connectivity index is 3.38. The van der Waals surface area contributed by atoms with Crippen LogP contribution in [0.3, 0.4) is 0 Å². The highest BCUT2D eigenvalue weighted by atomic mass is 32.2. The summed E-state index contributed by atoms with van der Waals surface area (Å²) in [4.78, 5) is 9.75. The SMILES string of the molecule is CC(C)[C@@H](NS(=O)(=O)c1ccc(F)cc1C(F)(F)F)C(=O)O. The van der Waals surface area contributed by atoms with Gasteiger partial charge in [-0.15, -0.1) is 0 Å². The van der Waals surface area contributed by atoms with Gasteiger partial charge in [-0.05, 0) is 24.1 Å². The average Bonchev–Trinajstić information content (AvgIpc) is 2.34. The Morgan fingerprint density at radius 3 is 2.23 bits per heavy atom. The number of carboxylic acid groups (broad SMARTS) is 1. The maximum absolute atomic E-state index is 13.0. The normalized spacial score (nSPS) is 14.1. The molecule has 0 heterocycles. The molecule has 0 radical (unpaired) electrons. The average molecular weight is 343 g/mol. The van der Waals surface area contributed by atoms with Gasteiger partial charge >= 0.3 is 12.1 Å². The summed E-state index contributed by atoms with van der Waals surface area (Å²) in [6, 6.07) is -0.579. The first-order chi connectivity index (χ1) is 9.86. The molecule has 0 bridgehead atoms. The van der Waals surface area contributed by atoms with Gasteiger partial charge in [0.2, 0.25) is 10.0 Å². The summed E-state index contributed by atoms with van der Waals surface area (Å²) in [5.41, 5.74) is -1.70. The summed E-state index contributed by atoms with van der Waals surface area (Å²) in [6.07, 6.45) is -5.11. The first-order valence-electron chi connectivity index (χ1n) is 5.98. The minimum Gasteiger partial charge on any atom is -0.480 e. The van der Waals surface area contributed by atoms with Crippen molar-refractivity contribution in [1.29, 1.82) is 0 Å². The lowest BCUT2D eigenvalue weighted by Crippen LogP contribution is -2.44. The highest BCUT2D eigenvalue weighted by Crippen LogP contribution is 2.34. The zero-order valence-corrected chi connectivity index (χ0v) is 12.3. The number of hydrogen-bond donors (Lipinski definition) is 2. The summed E-state index contributed by atoms with van der Waals surface area (Å²) in [5.74, 6) is -3.50. The number of nitrogens with one attached hydrogen (secondary N) is 1. The second-order valence-corrected chi connectivity index (χ2v) is 6.50. The molecule has 0 aliphatic carbocycles. The summed E-state index contributed by atoms with van der Waals surface area (Å²) >= 11 is 0. The van der Waals surface area contributed by atoms with Gasteiger partial charge in [0.25, 0.3) is 0 Å². The molecule has 1 aromatic carbocycles. The lowest BCUT2D eigenvalue weighted by Gasteiger charge is -2.20. The van der Waals surface area contributed by atoms with Crippen LogP contribution < -0.4 is 4.72 Å².